The molecule has 3 rings (SSSR count). The minimum Gasteiger partial charge on any atom is -0.385 e. The van der Waals surface area contributed by atoms with Gasteiger partial charge in [0, 0.05) is 60.1 Å². The zero-order valence-corrected chi connectivity index (χ0v) is 11.4. The molecule has 0 aliphatic carbocycles. The van der Waals surface area contributed by atoms with Crippen molar-refractivity contribution in [3.8, 4) is 0 Å². The maximum Gasteiger partial charge on any atom is 0.0376 e. The molecule has 1 unspecified atom stereocenters. The van der Waals surface area contributed by atoms with Crippen molar-refractivity contribution in [2.24, 2.45) is 0 Å². The van der Waals surface area contributed by atoms with Crippen molar-refractivity contribution in [3.63, 3.8) is 0 Å². The molecule has 98 valence electrons. The SMILES string of the molecule is O=S1CCN(CC2CCNc3ccccc32)CC1. The average molecular weight is 264 g/mol. The Bertz CT molecular complexity index is 439. The van der Waals surface area contributed by atoms with E-state index >= 15 is 0 Å². The van der Waals surface area contributed by atoms with E-state index in [-0.39, 0.29) is 0 Å². The number of anilines is 1. The molecule has 1 fully saturated rings. The normalized spacial score (nSPS) is 25.4. The molecule has 2 aliphatic heterocycles. The van der Waals surface area contributed by atoms with Gasteiger partial charge in [-0.15, -0.1) is 0 Å². The summed E-state index contributed by atoms with van der Waals surface area (Å²) in [6.45, 7) is 4.19. The molecule has 0 spiro atoms. The highest BCUT2D eigenvalue weighted by molar-refractivity contribution is 7.85. The minimum atomic E-state index is -0.567. The molecule has 1 aromatic rings. The third-order valence-electron chi connectivity index (χ3n) is 3.96. The number of fused-ring (bicyclic) bond motifs is 1. The van der Waals surface area contributed by atoms with Crippen LogP contribution in [0.2, 0.25) is 0 Å². The van der Waals surface area contributed by atoms with Crippen molar-refractivity contribution >= 4 is 16.5 Å². The van der Waals surface area contributed by atoms with E-state index in [1.807, 2.05) is 0 Å². The Labute approximate surface area is 111 Å². The Morgan fingerprint density at radius 3 is 2.89 bits per heavy atom. The first-order valence-corrected chi connectivity index (χ1v) is 8.22. The van der Waals surface area contributed by atoms with Crippen LogP contribution in [0.15, 0.2) is 24.3 Å². The van der Waals surface area contributed by atoms with Gasteiger partial charge in [0.25, 0.3) is 0 Å². The lowest BCUT2D eigenvalue weighted by Gasteiger charge is -2.33. The molecule has 1 N–H and O–H groups in total. The van der Waals surface area contributed by atoms with Crippen molar-refractivity contribution < 1.29 is 4.21 Å². The zero-order valence-electron chi connectivity index (χ0n) is 10.6. The van der Waals surface area contributed by atoms with Gasteiger partial charge in [0.05, 0.1) is 0 Å². The molecule has 0 bridgehead atoms. The van der Waals surface area contributed by atoms with Gasteiger partial charge in [0.15, 0.2) is 0 Å². The van der Waals surface area contributed by atoms with Gasteiger partial charge in [-0.25, -0.2) is 0 Å². The lowest BCUT2D eigenvalue weighted by atomic mass is 9.90. The topological polar surface area (TPSA) is 32.3 Å². The Morgan fingerprint density at radius 1 is 1.28 bits per heavy atom. The monoisotopic (exact) mass is 264 g/mol. The van der Waals surface area contributed by atoms with E-state index in [2.05, 4.69) is 34.5 Å². The van der Waals surface area contributed by atoms with Crippen LogP contribution < -0.4 is 5.32 Å². The number of rotatable bonds is 2. The van der Waals surface area contributed by atoms with Crippen LogP contribution >= 0.6 is 0 Å². The van der Waals surface area contributed by atoms with Gasteiger partial charge >= 0.3 is 0 Å². The molecule has 0 radical (unpaired) electrons. The predicted octanol–water partition coefficient (Wildman–Crippen LogP) is 1.65. The first-order chi connectivity index (χ1) is 8.83. The van der Waals surface area contributed by atoms with Crippen LogP contribution in [0.5, 0.6) is 0 Å². The summed E-state index contributed by atoms with van der Waals surface area (Å²) in [4.78, 5) is 2.48. The van der Waals surface area contributed by atoms with Crippen LogP contribution in [0.1, 0.15) is 17.9 Å². The van der Waals surface area contributed by atoms with Gasteiger partial charge in [0.1, 0.15) is 0 Å². The molecule has 1 atom stereocenters. The molecular formula is C14H20N2OS. The van der Waals surface area contributed by atoms with E-state index in [4.69, 9.17) is 0 Å². The predicted molar refractivity (Wildman–Crippen MR) is 76.6 cm³/mol. The van der Waals surface area contributed by atoms with Gasteiger partial charge in [0.2, 0.25) is 0 Å². The van der Waals surface area contributed by atoms with Crippen molar-refractivity contribution in [2.45, 2.75) is 12.3 Å². The van der Waals surface area contributed by atoms with E-state index in [0.29, 0.717) is 5.92 Å². The Balaban J connectivity index is 1.69. The van der Waals surface area contributed by atoms with Crippen LogP contribution in [0.4, 0.5) is 5.69 Å². The fourth-order valence-corrected chi connectivity index (χ4v) is 4.04. The maximum atomic E-state index is 11.4. The minimum absolute atomic E-state index is 0.567. The second-order valence-corrected chi connectivity index (χ2v) is 6.84. The van der Waals surface area contributed by atoms with Crippen molar-refractivity contribution in [3.05, 3.63) is 29.8 Å². The van der Waals surface area contributed by atoms with Crippen LogP contribution in [-0.4, -0.2) is 46.8 Å². The summed E-state index contributed by atoms with van der Waals surface area (Å²) >= 11 is 0. The summed E-state index contributed by atoms with van der Waals surface area (Å²) in [5, 5.41) is 3.47. The molecule has 0 amide bonds. The molecule has 18 heavy (non-hydrogen) atoms. The summed E-state index contributed by atoms with van der Waals surface area (Å²) in [5.41, 5.74) is 2.75. The van der Waals surface area contributed by atoms with Gasteiger partial charge in [-0.2, -0.15) is 0 Å². The van der Waals surface area contributed by atoms with Gasteiger partial charge < -0.3 is 10.2 Å². The number of nitrogens with one attached hydrogen (secondary N) is 1. The number of hydrogen-bond acceptors (Lipinski definition) is 3. The summed E-state index contributed by atoms with van der Waals surface area (Å²) in [7, 11) is -0.567. The second kappa shape index (κ2) is 5.41. The zero-order chi connectivity index (χ0) is 12.4. The average Bonchev–Trinajstić information content (AvgIpc) is 2.42. The Hall–Kier alpha value is -0.870. The number of nitrogens with zero attached hydrogens (tertiary/aromatic N) is 1. The highest BCUT2D eigenvalue weighted by atomic mass is 32.2. The molecule has 1 saturated heterocycles. The summed E-state index contributed by atoms with van der Waals surface area (Å²) < 4.78 is 11.4. The van der Waals surface area contributed by atoms with Gasteiger partial charge in [-0.3, -0.25) is 4.21 Å². The fourth-order valence-electron chi connectivity index (χ4n) is 2.91. The van der Waals surface area contributed by atoms with Crippen LogP contribution in [0.25, 0.3) is 0 Å². The number of hydrogen-bond donors (Lipinski definition) is 1. The fraction of sp³-hybridized carbons (Fsp3) is 0.571. The largest absolute Gasteiger partial charge is 0.385 e. The Kier molecular flexibility index (Phi) is 3.66. The lowest BCUT2D eigenvalue weighted by molar-refractivity contribution is 0.274. The van der Waals surface area contributed by atoms with E-state index in [1.165, 1.54) is 17.7 Å². The standard InChI is InChI=1S/C14H20N2OS/c17-18-9-7-16(8-10-18)11-12-5-6-15-14-4-2-1-3-13(12)14/h1-4,12,15H,5-11H2. The molecule has 0 aromatic heterocycles. The van der Waals surface area contributed by atoms with Crippen molar-refractivity contribution in [2.75, 3.05) is 43.0 Å². The highest BCUT2D eigenvalue weighted by Crippen LogP contribution is 2.31. The molecule has 0 saturated carbocycles. The van der Waals surface area contributed by atoms with E-state index in [0.717, 1.165) is 37.7 Å². The summed E-state index contributed by atoms with van der Waals surface area (Å²) in [6, 6.07) is 8.64. The third kappa shape index (κ3) is 2.59. The first kappa shape index (κ1) is 12.2. The highest BCUT2D eigenvalue weighted by Gasteiger charge is 2.23. The molecule has 1 aromatic carbocycles. The molecular weight excluding hydrogens is 244 g/mol. The molecule has 3 nitrogen and oxygen atoms in total. The molecule has 2 aliphatic rings. The van der Waals surface area contributed by atoms with E-state index < -0.39 is 10.8 Å². The van der Waals surface area contributed by atoms with E-state index in [9.17, 15) is 4.21 Å². The van der Waals surface area contributed by atoms with Crippen LogP contribution in [0, 0.1) is 0 Å². The van der Waals surface area contributed by atoms with E-state index in [1.54, 1.807) is 0 Å². The van der Waals surface area contributed by atoms with Crippen molar-refractivity contribution in [1.29, 1.82) is 0 Å². The molecule has 4 heteroatoms. The quantitative estimate of drug-likeness (QED) is 0.881. The Morgan fingerprint density at radius 2 is 2.06 bits per heavy atom. The number of para-hydroxylation sites is 1. The third-order valence-corrected chi connectivity index (χ3v) is 5.23. The summed E-state index contributed by atoms with van der Waals surface area (Å²) in [5.74, 6) is 2.34. The summed E-state index contributed by atoms with van der Waals surface area (Å²) in [6.07, 6.45) is 1.20. The smallest absolute Gasteiger partial charge is 0.0376 e. The second-order valence-electron chi connectivity index (χ2n) is 5.15. The van der Waals surface area contributed by atoms with Gasteiger partial charge in [-0.05, 0) is 18.1 Å². The molecule has 2 heterocycles. The first-order valence-electron chi connectivity index (χ1n) is 6.73. The lowest BCUT2D eigenvalue weighted by Crippen LogP contribution is -2.40. The van der Waals surface area contributed by atoms with Crippen LogP contribution in [-0.2, 0) is 10.8 Å². The van der Waals surface area contributed by atoms with Crippen molar-refractivity contribution in [1.82, 2.24) is 4.90 Å². The maximum absolute atomic E-state index is 11.4. The van der Waals surface area contributed by atoms with Crippen LogP contribution in [0.3, 0.4) is 0 Å². The number of benzene rings is 1. The van der Waals surface area contributed by atoms with Gasteiger partial charge in [-0.1, -0.05) is 18.2 Å².